The Morgan fingerprint density at radius 1 is 1.15 bits per heavy atom. The van der Waals surface area contributed by atoms with Crippen molar-refractivity contribution < 1.29 is 26.7 Å². The Balaban J connectivity index is 1.47. The maximum Gasteiger partial charge on any atom is 0.418 e. The largest absolute Gasteiger partial charge is 0.461 e. The first kappa shape index (κ1) is 28.1. The summed E-state index contributed by atoms with van der Waals surface area (Å²) < 4.78 is 78.6. The summed E-state index contributed by atoms with van der Waals surface area (Å²) in [6.45, 7) is 2.41. The normalized spacial score (nSPS) is 23.7. The fraction of sp³-hybridized carbons (Fsp3) is 0.519. The monoisotopic (exact) mass is 597 g/mol. The number of ether oxygens (including phenoxy) is 1. The van der Waals surface area contributed by atoms with Gasteiger partial charge in [-0.15, -0.1) is 0 Å². The number of nitrogen functional groups attached to an aromatic ring is 1. The molecule has 3 fully saturated rings. The second-order valence-corrected chi connectivity index (χ2v) is 11.3. The average Bonchev–Trinajstić information content (AvgIpc) is 3.28. The fourth-order valence-electron chi connectivity index (χ4n) is 6.28. The van der Waals surface area contributed by atoms with Gasteiger partial charge >= 0.3 is 12.2 Å². The molecule has 0 amide bonds. The van der Waals surface area contributed by atoms with E-state index in [1.165, 1.54) is 6.20 Å². The van der Waals surface area contributed by atoms with Crippen LogP contribution in [0.3, 0.4) is 0 Å². The molecule has 2 aromatic heterocycles. The number of alkyl halides is 4. The quantitative estimate of drug-likeness (QED) is 0.293. The third kappa shape index (κ3) is 5.23. The van der Waals surface area contributed by atoms with Crippen LogP contribution in [-0.2, 0) is 6.18 Å². The molecule has 0 aliphatic carbocycles. The second-order valence-electron chi connectivity index (χ2n) is 10.9. The van der Waals surface area contributed by atoms with E-state index in [4.69, 9.17) is 22.1 Å². The van der Waals surface area contributed by atoms with Gasteiger partial charge in [-0.05, 0) is 44.4 Å². The van der Waals surface area contributed by atoms with Crippen molar-refractivity contribution in [1.82, 2.24) is 25.3 Å². The zero-order chi connectivity index (χ0) is 28.9. The van der Waals surface area contributed by atoms with E-state index in [9.17, 15) is 17.6 Å². The van der Waals surface area contributed by atoms with E-state index in [-0.39, 0.29) is 29.2 Å². The molecule has 6 rings (SSSR count). The molecule has 3 aliphatic heterocycles. The lowest BCUT2D eigenvalue weighted by Gasteiger charge is -2.31. The first-order valence-corrected chi connectivity index (χ1v) is 14.0. The van der Waals surface area contributed by atoms with E-state index in [1.54, 1.807) is 5.01 Å². The van der Waals surface area contributed by atoms with Crippen LogP contribution in [-0.4, -0.2) is 64.3 Å². The number of nitrogens with one attached hydrogen (secondary N) is 1. The van der Waals surface area contributed by atoms with Crippen LogP contribution in [0.4, 0.5) is 33.5 Å². The van der Waals surface area contributed by atoms with Crippen molar-refractivity contribution in [2.45, 2.75) is 56.4 Å². The second kappa shape index (κ2) is 10.7. The van der Waals surface area contributed by atoms with Crippen molar-refractivity contribution >= 4 is 34.0 Å². The molecular formula is C27H29ClF5N7O. The van der Waals surface area contributed by atoms with E-state index in [0.29, 0.717) is 31.9 Å². The van der Waals surface area contributed by atoms with Gasteiger partial charge in [0.2, 0.25) is 0 Å². The van der Waals surface area contributed by atoms with Crippen LogP contribution >= 0.6 is 11.6 Å². The molecule has 5 heterocycles. The predicted octanol–water partition coefficient (Wildman–Crippen LogP) is 5.54. The summed E-state index contributed by atoms with van der Waals surface area (Å²) in [5.41, 5.74) is 5.76. The van der Waals surface area contributed by atoms with E-state index < -0.39 is 45.5 Å². The highest BCUT2D eigenvalue weighted by molar-refractivity contribution is 6.32. The molecule has 14 heteroatoms. The lowest BCUT2D eigenvalue weighted by molar-refractivity contribution is -0.137. The Hall–Kier alpha value is -3.03. The molecule has 0 bridgehead atoms. The standard InChI is InChI=1S/C27H29ClF5N7O/c28-19-10-16(34)9-17(20(19)27(31,32)33)22-21(30)23-18(12-35-22)24(40-8-3-1-2-6-36-40)38-25(37-23)41-14-26-5-4-7-39(26)13-15(29)11-26/h9-10,12,15,36H,1-8,11,13-14,34H2/t15-,26+/m1/s1. The predicted molar refractivity (Wildman–Crippen MR) is 145 cm³/mol. The van der Waals surface area contributed by atoms with E-state index in [1.807, 2.05) is 0 Å². The summed E-state index contributed by atoms with van der Waals surface area (Å²) in [5, 5.41) is 1.29. The Kier molecular flexibility index (Phi) is 7.31. The molecule has 0 spiro atoms. The molecule has 0 radical (unpaired) electrons. The SMILES string of the molecule is Nc1cc(Cl)c(C(F)(F)F)c(-c2ncc3c(N4CCCCCN4)nc(OC[C@@]45CCCN4C[C@H](F)C5)nc3c2F)c1. The number of hydrogen-bond acceptors (Lipinski definition) is 8. The molecule has 8 nitrogen and oxygen atoms in total. The van der Waals surface area contributed by atoms with Crippen molar-refractivity contribution in [3.63, 3.8) is 0 Å². The number of benzene rings is 1. The average molecular weight is 598 g/mol. The van der Waals surface area contributed by atoms with Gasteiger partial charge in [0.15, 0.2) is 11.6 Å². The molecule has 2 atom stereocenters. The van der Waals surface area contributed by atoms with Gasteiger partial charge in [-0.25, -0.2) is 14.2 Å². The lowest BCUT2D eigenvalue weighted by atomic mass is 9.95. The van der Waals surface area contributed by atoms with Crippen LogP contribution in [0.25, 0.3) is 22.2 Å². The molecule has 0 saturated carbocycles. The zero-order valence-electron chi connectivity index (χ0n) is 22.1. The van der Waals surface area contributed by atoms with E-state index in [0.717, 1.165) is 50.8 Å². The highest BCUT2D eigenvalue weighted by atomic mass is 35.5. The van der Waals surface area contributed by atoms with Gasteiger partial charge in [-0.3, -0.25) is 14.9 Å². The summed E-state index contributed by atoms with van der Waals surface area (Å²) in [5.74, 6) is -0.801. The first-order valence-electron chi connectivity index (χ1n) is 13.6. The van der Waals surface area contributed by atoms with Crippen LogP contribution < -0.4 is 20.9 Å². The van der Waals surface area contributed by atoms with E-state index in [2.05, 4.69) is 25.3 Å². The van der Waals surface area contributed by atoms with Crippen molar-refractivity contribution in [3.05, 3.63) is 34.7 Å². The molecule has 1 aromatic carbocycles. The molecule has 3 N–H and O–H groups in total. The van der Waals surface area contributed by atoms with E-state index >= 15 is 4.39 Å². The summed E-state index contributed by atoms with van der Waals surface area (Å²) >= 11 is 5.92. The molecule has 3 aliphatic rings. The summed E-state index contributed by atoms with van der Waals surface area (Å²) in [6, 6.07) is 1.80. The number of nitrogens with two attached hydrogens (primary N) is 1. The Labute approximate surface area is 238 Å². The van der Waals surface area contributed by atoms with Crippen LogP contribution in [0.15, 0.2) is 18.3 Å². The van der Waals surface area contributed by atoms with Crippen molar-refractivity contribution in [3.8, 4) is 17.3 Å². The maximum absolute atomic E-state index is 16.2. The molecule has 0 unspecified atom stereocenters. The van der Waals surface area contributed by atoms with Gasteiger partial charge in [0.25, 0.3) is 0 Å². The maximum atomic E-state index is 16.2. The fourth-order valence-corrected chi connectivity index (χ4v) is 6.61. The van der Waals surface area contributed by atoms with Crippen LogP contribution in [0.1, 0.15) is 44.1 Å². The van der Waals surface area contributed by atoms with Gasteiger partial charge < -0.3 is 10.5 Å². The number of hydrazine groups is 1. The molecule has 3 aromatic rings. The Morgan fingerprint density at radius 2 is 1.98 bits per heavy atom. The number of fused-ring (bicyclic) bond motifs is 2. The minimum absolute atomic E-state index is 0.0800. The number of hydrogen-bond donors (Lipinski definition) is 2. The number of nitrogens with zero attached hydrogens (tertiary/aromatic N) is 5. The van der Waals surface area contributed by atoms with Crippen LogP contribution in [0.5, 0.6) is 6.01 Å². The minimum atomic E-state index is -4.90. The minimum Gasteiger partial charge on any atom is -0.461 e. The van der Waals surface area contributed by atoms with Crippen molar-refractivity contribution in [1.29, 1.82) is 0 Å². The third-order valence-electron chi connectivity index (χ3n) is 8.14. The van der Waals surface area contributed by atoms with Gasteiger partial charge in [-0.2, -0.15) is 23.1 Å². The lowest BCUT2D eigenvalue weighted by Crippen LogP contribution is -2.43. The van der Waals surface area contributed by atoms with Crippen LogP contribution in [0, 0.1) is 5.82 Å². The first-order chi connectivity index (χ1) is 19.6. The van der Waals surface area contributed by atoms with Crippen LogP contribution in [0.2, 0.25) is 5.02 Å². The van der Waals surface area contributed by atoms with Crippen molar-refractivity contribution in [2.75, 3.05) is 43.5 Å². The third-order valence-corrected chi connectivity index (χ3v) is 8.44. The Morgan fingerprint density at radius 3 is 2.78 bits per heavy atom. The topological polar surface area (TPSA) is 92.4 Å². The van der Waals surface area contributed by atoms with Gasteiger partial charge in [0, 0.05) is 43.5 Å². The number of pyridine rings is 1. The molecular weight excluding hydrogens is 569 g/mol. The molecule has 220 valence electrons. The van der Waals surface area contributed by atoms with Gasteiger partial charge in [-0.1, -0.05) is 18.0 Å². The number of aromatic nitrogens is 3. The highest BCUT2D eigenvalue weighted by Crippen LogP contribution is 2.44. The number of halogens is 6. The Bertz CT molecular complexity index is 1470. The summed E-state index contributed by atoms with van der Waals surface area (Å²) in [6.07, 6.45) is 0.115. The number of anilines is 2. The molecule has 41 heavy (non-hydrogen) atoms. The summed E-state index contributed by atoms with van der Waals surface area (Å²) in [7, 11) is 0. The molecule has 3 saturated heterocycles. The van der Waals surface area contributed by atoms with Gasteiger partial charge in [0.1, 0.15) is 24.0 Å². The summed E-state index contributed by atoms with van der Waals surface area (Å²) in [4.78, 5) is 15.0. The highest BCUT2D eigenvalue weighted by Gasteiger charge is 2.49. The number of rotatable bonds is 5. The smallest absolute Gasteiger partial charge is 0.418 e. The van der Waals surface area contributed by atoms with Crippen molar-refractivity contribution in [2.24, 2.45) is 0 Å². The van der Waals surface area contributed by atoms with Gasteiger partial charge in [0.05, 0.1) is 21.5 Å². The zero-order valence-corrected chi connectivity index (χ0v) is 22.8.